The van der Waals surface area contributed by atoms with Crippen LogP contribution in [0, 0.1) is 6.92 Å². The number of nitrogens with zero attached hydrogens (tertiary/aromatic N) is 3. The van der Waals surface area contributed by atoms with Crippen LogP contribution in [0.2, 0.25) is 0 Å². The Labute approximate surface area is 136 Å². The van der Waals surface area contributed by atoms with E-state index < -0.39 is 0 Å². The standard InChI is InChI=1S/C17H25N5O/c1-11-9-18-15(19-11)12-6-5-7-22(10-12)16(23)13-8-14(21-20-13)17(2,3)4/h8-9,12H,5-7,10H2,1-4H3,(H,18,19)(H,20,21)/t12-/m0/s1. The van der Waals surface area contributed by atoms with Gasteiger partial charge in [0.2, 0.25) is 0 Å². The maximum absolute atomic E-state index is 12.7. The topological polar surface area (TPSA) is 77.7 Å². The molecule has 1 saturated heterocycles. The number of likely N-dealkylation sites (tertiary alicyclic amines) is 1. The normalized spacial score (nSPS) is 19.1. The maximum atomic E-state index is 12.7. The summed E-state index contributed by atoms with van der Waals surface area (Å²) in [5, 5.41) is 7.22. The zero-order chi connectivity index (χ0) is 16.6. The van der Waals surface area contributed by atoms with Gasteiger partial charge >= 0.3 is 0 Å². The van der Waals surface area contributed by atoms with Crippen LogP contribution in [0.3, 0.4) is 0 Å². The van der Waals surface area contributed by atoms with Gasteiger partial charge in [0.1, 0.15) is 11.5 Å². The highest BCUT2D eigenvalue weighted by atomic mass is 16.2. The van der Waals surface area contributed by atoms with E-state index in [2.05, 4.69) is 40.9 Å². The highest BCUT2D eigenvalue weighted by molar-refractivity contribution is 5.92. The number of nitrogens with one attached hydrogen (secondary N) is 2. The number of rotatable bonds is 2. The largest absolute Gasteiger partial charge is 0.346 e. The van der Waals surface area contributed by atoms with E-state index in [1.165, 1.54) is 0 Å². The van der Waals surface area contributed by atoms with Crippen molar-refractivity contribution in [3.05, 3.63) is 35.2 Å². The molecule has 6 heteroatoms. The predicted octanol–water partition coefficient (Wildman–Crippen LogP) is 2.76. The summed E-state index contributed by atoms with van der Waals surface area (Å²) in [6, 6.07) is 1.88. The van der Waals surface area contributed by atoms with Crippen molar-refractivity contribution in [1.82, 2.24) is 25.1 Å². The van der Waals surface area contributed by atoms with Gasteiger partial charge in [0.15, 0.2) is 0 Å². The Morgan fingerprint density at radius 2 is 2.17 bits per heavy atom. The van der Waals surface area contributed by atoms with E-state index in [0.717, 1.165) is 36.6 Å². The molecule has 0 unspecified atom stereocenters. The number of carbonyl (C=O) groups is 1. The van der Waals surface area contributed by atoms with Crippen LogP contribution in [-0.4, -0.2) is 44.1 Å². The van der Waals surface area contributed by atoms with Gasteiger partial charge in [0.25, 0.3) is 5.91 Å². The molecule has 3 heterocycles. The first-order valence-corrected chi connectivity index (χ1v) is 8.21. The molecular weight excluding hydrogens is 290 g/mol. The van der Waals surface area contributed by atoms with Crippen LogP contribution in [0.4, 0.5) is 0 Å². The Kier molecular flexibility index (Phi) is 4.00. The average molecular weight is 315 g/mol. The monoisotopic (exact) mass is 315 g/mol. The third-order valence-electron chi connectivity index (χ3n) is 4.42. The molecule has 0 bridgehead atoms. The van der Waals surface area contributed by atoms with Crippen molar-refractivity contribution in [3.63, 3.8) is 0 Å². The summed E-state index contributed by atoms with van der Waals surface area (Å²) in [5.74, 6) is 1.27. The molecule has 1 fully saturated rings. The molecule has 0 spiro atoms. The van der Waals surface area contributed by atoms with Crippen LogP contribution in [0.5, 0.6) is 0 Å². The van der Waals surface area contributed by atoms with Crippen molar-refractivity contribution < 1.29 is 4.79 Å². The van der Waals surface area contributed by atoms with Gasteiger partial charge < -0.3 is 9.88 Å². The molecule has 1 aliphatic heterocycles. The smallest absolute Gasteiger partial charge is 0.274 e. The molecule has 124 valence electrons. The van der Waals surface area contributed by atoms with Gasteiger partial charge in [0, 0.05) is 42.0 Å². The molecular formula is C17H25N5O. The first kappa shape index (κ1) is 15.8. The first-order valence-electron chi connectivity index (χ1n) is 8.21. The summed E-state index contributed by atoms with van der Waals surface area (Å²) in [6.45, 7) is 9.79. The Morgan fingerprint density at radius 3 is 2.78 bits per heavy atom. The zero-order valence-electron chi connectivity index (χ0n) is 14.3. The molecule has 2 N–H and O–H groups in total. The summed E-state index contributed by atoms with van der Waals surface area (Å²) < 4.78 is 0. The van der Waals surface area contributed by atoms with Gasteiger partial charge in [-0.05, 0) is 25.8 Å². The van der Waals surface area contributed by atoms with Crippen molar-refractivity contribution in [2.24, 2.45) is 0 Å². The number of aromatic nitrogens is 4. The highest BCUT2D eigenvalue weighted by Gasteiger charge is 2.29. The van der Waals surface area contributed by atoms with E-state index in [1.54, 1.807) is 0 Å². The molecule has 6 nitrogen and oxygen atoms in total. The summed E-state index contributed by atoms with van der Waals surface area (Å²) >= 11 is 0. The van der Waals surface area contributed by atoms with Gasteiger partial charge in [-0.25, -0.2) is 4.98 Å². The number of H-pyrrole nitrogens is 2. The Bertz CT molecular complexity index is 694. The fraction of sp³-hybridized carbons (Fsp3) is 0.588. The Morgan fingerprint density at radius 1 is 1.39 bits per heavy atom. The lowest BCUT2D eigenvalue weighted by atomic mass is 9.92. The van der Waals surface area contributed by atoms with Crippen LogP contribution in [0.15, 0.2) is 12.3 Å². The lowest BCUT2D eigenvalue weighted by Crippen LogP contribution is -2.39. The SMILES string of the molecule is Cc1cnc([C@H]2CCCN(C(=O)c3cc(C(C)(C)C)[nH]n3)C2)[nH]1. The molecule has 0 radical (unpaired) electrons. The highest BCUT2D eigenvalue weighted by Crippen LogP contribution is 2.26. The number of aromatic amines is 2. The molecule has 1 amide bonds. The predicted molar refractivity (Wildman–Crippen MR) is 88.5 cm³/mol. The third kappa shape index (κ3) is 3.30. The Balaban J connectivity index is 1.73. The van der Waals surface area contributed by atoms with Gasteiger partial charge in [-0.1, -0.05) is 20.8 Å². The second kappa shape index (κ2) is 5.83. The quantitative estimate of drug-likeness (QED) is 0.894. The van der Waals surface area contributed by atoms with Crippen molar-refractivity contribution in [2.75, 3.05) is 13.1 Å². The fourth-order valence-corrected chi connectivity index (χ4v) is 3.00. The maximum Gasteiger partial charge on any atom is 0.274 e. The van der Waals surface area contributed by atoms with E-state index in [9.17, 15) is 4.79 Å². The number of carbonyl (C=O) groups excluding carboxylic acids is 1. The second-order valence-corrected chi connectivity index (χ2v) is 7.46. The van der Waals surface area contributed by atoms with Crippen LogP contribution >= 0.6 is 0 Å². The molecule has 1 aliphatic rings. The van der Waals surface area contributed by atoms with Crippen molar-refractivity contribution in [3.8, 4) is 0 Å². The molecule has 2 aromatic heterocycles. The van der Waals surface area contributed by atoms with Crippen LogP contribution in [0.25, 0.3) is 0 Å². The molecule has 0 aliphatic carbocycles. The molecule has 3 rings (SSSR count). The molecule has 1 atom stereocenters. The van der Waals surface area contributed by atoms with E-state index in [1.807, 2.05) is 24.1 Å². The first-order chi connectivity index (χ1) is 10.8. The summed E-state index contributed by atoms with van der Waals surface area (Å²) in [6.07, 6.45) is 3.90. The van der Waals surface area contributed by atoms with E-state index in [0.29, 0.717) is 12.2 Å². The zero-order valence-corrected chi connectivity index (χ0v) is 14.3. The number of hydrogen-bond acceptors (Lipinski definition) is 3. The van der Waals surface area contributed by atoms with Crippen LogP contribution < -0.4 is 0 Å². The lowest BCUT2D eigenvalue weighted by molar-refractivity contribution is 0.0699. The fourth-order valence-electron chi connectivity index (χ4n) is 3.00. The van der Waals surface area contributed by atoms with Gasteiger partial charge in [-0.3, -0.25) is 9.89 Å². The molecule has 23 heavy (non-hydrogen) atoms. The number of piperidine rings is 1. The molecule has 0 saturated carbocycles. The molecule has 2 aromatic rings. The lowest BCUT2D eigenvalue weighted by Gasteiger charge is -2.31. The average Bonchev–Trinajstić information content (AvgIpc) is 3.15. The minimum Gasteiger partial charge on any atom is -0.346 e. The summed E-state index contributed by atoms with van der Waals surface area (Å²) in [5.41, 5.74) is 2.51. The molecule has 0 aromatic carbocycles. The van der Waals surface area contributed by atoms with Crippen molar-refractivity contribution in [2.45, 2.75) is 51.9 Å². The summed E-state index contributed by atoms with van der Waals surface area (Å²) in [4.78, 5) is 22.4. The van der Waals surface area contributed by atoms with Gasteiger partial charge in [-0.15, -0.1) is 0 Å². The van der Waals surface area contributed by atoms with E-state index >= 15 is 0 Å². The number of imidazole rings is 1. The van der Waals surface area contributed by atoms with Crippen LogP contribution in [0.1, 0.15) is 67.2 Å². The van der Waals surface area contributed by atoms with Crippen LogP contribution in [-0.2, 0) is 5.41 Å². The Hall–Kier alpha value is -2.11. The van der Waals surface area contributed by atoms with E-state index in [4.69, 9.17) is 0 Å². The van der Waals surface area contributed by atoms with E-state index in [-0.39, 0.29) is 17.2 Å². The number of hydrogen-bond donors (Lipinski definition) is 2. The van der Waals surface area contributed by atoms with Gasteiger partial charge in [0.05, 0.1) is 0 Å². The number of aryl methyl sites for hydroxylation is 1. The minimum atomic E-state index is -0.0400. The number of amides is 1. The van der Waals surface area contributed by atoms with Crippen molar-refractivity contribution in [1.29, 1.82) is 0 Å². The second-order valence-electron chi connectivity index (χ2n) is 7.46. The third-order valence-corrected chi connectivity index (χ3v) is 4.42. The van der Waals surface area contributed by atoms with Crippen molar-refractivity contribution >= 4 is 5.91 Å². The van der Waals surface area contributed by atoms with Gasteiger partial charge in [-0.2, -0.15) is 5.10 Å². The minimum absolute atomic E-state index is 0.00438. The summed E-state index contributed by atoms with van der Waals surface area (Å²) in [7, 11) is 0.